The minimum absolute atomic E-state index is 0.119. The minimum atomic E-state index is -4.54. The summed E-state index contributed by atoms with van der Waals surface area (Å²) in [5, 5.41) is 0. The van der Waals surface area contributed by atoms with Crippen molar-refractivity contribution in [2.24, 2.45) is 0 Å². The first kappa shape index (κ1) is 14.8. The van der Waals surface area contributed by atoms with Crippen molar-refractivity contribution in [2.75, 3.05) is 5.43 Å². The van der Waals surface area contributed by atoms with Crippen LogP contribution in [0.4, 0.5) is 23.2 Å². The molecule has 21 heavy (non-hydrogen) atoms. The quantitative estimate of drug-likeness (QED) is 0.671. The first-order valence-corrected chi connectivity index (χ1v) is 5.86. The molecule has 0 aliphatic heterocycles. The maximum Gasteiger partial charge on any atom is 0.418 e. The highest BCUT2D eigenvalue weighted by atomic mass is 19.4. The molecule has 2 aromatic carbocycles. The lowest BCUT2D eigenvalue weighted by molar-refractivity contribution is -0.137. The molecule has 2 N–H and O–H groups in total. The van der Waals surface area contributed by atoms with Crippen LogP contribution in [0.3, 0.4) is 0 Å². The second-order valence-corrected chi connectivity index (χ2v) is 4.13. The van der Waals surface area contributed by atoms with E-state index in [1.165, 1.54) is 30.3 Å². The predicted octanol–water partition coefficient (Wildman–Crippen LogP) is 3.60. The lowest BCUT2D eigenvalue weighted by Crippen LogP contribution is -2.30. The summed E-state index contributed by atoms with van der Waals surface area (Å²) in [5.41, 5.74) is 3.30. The molecule has 0 unspecified atom stereocenters. The van der Waals surface area contributed by atoms with Crippen LogP contribution >= 0.6 is 0 Å². The molecule has 110 valence electrons. The minimum Gasteiger partial charge on any atom is -0.298 e. The molecule has 0 aliphatic carbocycles. The summed E-state index contributed by atoms with van der Waals surface area (Å²) in [6, 6.07) is 9.35. The number of anilines is 1. The fourth-order valence-electron chi connectivity index (χ4n) is 1.64. The molecule has 0 spiro atoms. The fourth-order valence-corrected chi connectivity index (χ4v) is 1.64. The summed E-state index contributed by atoms with van der Waals surface area (Å²) in [7, 11) is 0. The number of benzene rings is 2. The molecule has 7 heteroatoms. The molecule has 0 saturated carbocycles. The molecule has 0 saturated heterocycles. The molecule has 0 fully saturated rings. The Morgan fingerprint density at radius 2 is 1.57 bits per heavy atom. The van der Waals surface area contributed by atoms with Crippen molar-refractivity contribution in [1.82, 2.24) is 5.43 Å². The van der Waals surface area contributed by atoms with E-state index < -0.39 is 23.5 Å². The second kappa shape index (κ2) is 5.82. The van der Waals surface area contributed by atoms with Gasteiger partial charge in [-0.1, -0.05) is 12.1 Å². The van der Waals surface area contributed by atoms with E-state index in [0.29, 0.717) is 0 Å². The lowest BCUT2D eigenvalue weighted by Gasteiger charge is -2.14. The Morgan fingerprint density at radius 3 is 2.19 bits per heavy atom. The van der Waals surface area contributed by atoms with Gasteiger partial charge in [-0.15, -0.1) is 0 Å². The number of hydrogen-bond donors (Lipinski definition) is 2. The van der Waals surface area contributed by atoms with Gasteiger partial charge in [-0.05, 0) is 36.4 Å². The molecule has 0 aromatic heterocycles. The van der Waals surface area contributed by atoms with Crippen LogP contribution in [0.2, 0.25) is 0 Å². The van der Waals surface area contributed by atoms with Crippen molar-refractivity contribution in [3.8, 4) is 0 Å². The summed E-state index contributed by atoms with van der Waals surface area (Å²) < 4.78 is 51.0. The maximum atomic E-state index is 12.7. The zero-order chi connectivity index (χ0) is 15.5. The van der Waals surface area contributed by atoms with Crippen LogP contribution in [0.1, 0.15) is 15.9 Å². The zero-order valence-corrected chi connectivity index (χ0v) is 10.5. The fraction of sp³-hybridized carbons (Fsp3) is 0.0714. The van der Waals surface area contributed by atoms with E-state index in [1.807, 2.05) is 0 Å². The first-order valence-electron chi connectivity index (χ1n) is 5.86. The number of amides is 1. The number of carbonyl (C=O) groups excluding carboxylic acids is 1. The number of hydrogen-bond acceptors (Lipinski definition) is 2. The lowest BCUT2D eigenvalue weighted by atomic mass is 10.2. The molecule has 0 bridgehead atoms. The van der Waals surface area contributed by atoms with Gasteiger partial charge in [0.2, 0.25) is 0 Å². The standard InChI is InChI=1S/C14H10F4N2O/c15-10-7-5-9(6-8-10)13(21)20-19-12-4-2-1-3-11(12)14(16,17)18/h1-8,19H,(H,20,21). The van der Waals surface area contributed by atoms with Crippen LogP contribution in [0.5, 0.6) is 0 Å². The topological polar surface area (TPSA) is 41.1 Å². The molecule has 0 radical (unpaired) electrons. The molecule has 1 amide bonds. The van der Waals surface area contributed by atoms with Crippen LogP contribution in [0.15, 0.2) is 48.5 Å². The second-order valence-electron chi connectivity index (χ2n) is 4.13. The number of alkyl halides is 3. The summed E-state index contributed by atoms with van der Waals surface area (Å²) in [6.45, 7) is 0. The Hall–Kier alpha value is -2.57. The molecule has 2 aromatic rings. The summed E-state index contributed by atoms with van der Waals surface area (Å²) in [4.78, 5) is 11.7. The normalized spacial score (nSPS) is 11.0. The number of para-hydroxylation sites is 1. The molecule has 3 nitrogen and oxygen atoms in total. The molecular weight excluding hydrogens is 288 g/mol. The van der Waals surface area contributed by atoms with E-state index >= 15 is 0 Å². The Kier molecular flexibility index (Phi) is 4.11. The summed E-state index contributed by atoms with van der Waals surface area (Å²) >= 11 is 0. The summed E-state index contributed by atoms with van der Waals surface area (Å²) in [5.74, 6) is -1.19. The van der Waals surface area contributed by atoms with Gasteiger partial charge in [0.05, 0.1) is 11.3 Å². The number of rotatable bonds is 3. The average molecular weight is 298 g/mol. The van der Waals surface area contributed by atoms with E-state index in [1.54, 1.807) is 0 Å². The van der Waals surface area contributed by atoms with Gasteiger partial charge in [-0.2, -0.15) is 13.2 Å². The third-order valence-electron chi connectivity index (χ3n) is 2.65. The number of halogens is 4. The highest BCUT2D eigenvalue weighted by molar-refractivity contribution is 5.94. The van der Waals surface area contributed by atoms with Crippen LogP contribution in [0, 0.1) is 5.82 Å². The van der Waals surface area contributed by atoms with Crippen molar-refractivity contribution >= 4 is 11.6 Å². The smallest absolute Gasteiger partial charge is 0.298 e. The van der Waals surface area contributed by atoms with Crippen LogP contribution in [-0.2, 0) is 6.18 Å². The monoisotopic (exact) mass is 298 g/mol. The number of carbonyl (C=O) groups is 1. The third kappa shape index (κ3) is 3.71. The average Bonchev–Trinajstić information content (AvgIpc) is 2.45. The van der Waals surface area contributed by atoms with Gasteiger partial charge in [-0.25, -0.2) is 4.39 Å². The van der Waals surface area contributed by atoms with Gasteiger partial charge in [0.15, 0.2) is 0 Å². The molecule has 0 atom stereocenters. The van der Waals surface area contributed by atoms with Crippen molar-refractivity contribution in [3.63, 3.8) is 0 Å². The highest BCUT2D eigenvalue weighted by Crippen LogP contribution is 2.34. The van der Waals surface area contributed by atoms with Crippen LogP contribution < -0.4 is 10.9 Å². The Labute approximate surface area is 117 Å². The van der Waals surface area contributed by atoms with E-state index in [-0.39, 0.29) is 11.3 Å². The SMILES string of the molecule is O=C(NNc1ccccc1C(F)(F)F)c1ccc(F)cc1. The van der Waals surface area contributed by atoms with Crippen molar-refractivity contribution in [3.05, 3.63) is 65.5 Å². The van der Waals surface area contributed by atoms with Crippen LogP contribution in [-0.4, -0.2) is 5.91 Å². The maximum absolute atomic E-state index is 12.7. The van der Waals surface area contributed by atoms with E-state index in [4.69, 9.17) is 0 Å². The Morgan fingerprint density at radius 1 is 0.952 bits per heavy atom. The highest BCUT2D eigenvalue weighted by Gasteiger charge is 2.33. The van der Waals surface area contributed by atoms with Gasteiger partial charge in [0, 0.05) is 5.56 Å². The largest absolute Gasteiger partial charge is 0.418 e. The van der Waals surface area contributed by atoms with Crippen molar-refractivity contribution in [1.29, 1.82) is 0 Å². The Bertz CT molecular complexity index is 638. The summed E-state index contributed by atoms with van der Waals surface area (Å²) in [6.07, 6.45) is -4.54. The van der Waals surface area contributed by atoms with Crippen molar-refractivity contribution < 1.29 is 22.4 Å². The number of hydrazine groups is 1. The first-order chi connectivity index (χ1) is 9.88. The van der Waals surface area contributed by atoms with E-state index in [2.05, 4.69) is 10.9 Å². The van der Waals surface area contributed by atoms with Gasteiger partial charge in [-0.3, -0.25) is 15.6 Å². The Balaban J connectivity index is 2.10. The van der Waals surface area contributed by atoms with E-state index in [0.717, 1.165) is 18.2 Å². The zero-order valence-electron chi connectivity index (χ0n) is 10.5. The molecule has 0 aliphatic rings. The molecule has 0 heterocycles. The molecular formula is C14H10F4N2O. The predicted molar refractivity (Wildman–Crippen MR) is 68.9 cm³/mol. The van der Waals surface area contributed by atoms with Gasteiger partial charge in [0.25, 0.3) is 5.91 Å². The van der Waals surface area contributed by atoms with Gasteiger partial charge < -0.3 is 0 Å². The van der Waals surface area contributed by atoms with Crippen molar-refractivity contribution in [2.45, 2.75) is 6.18 Å². The van der Waals surface area contributed by atoms with Crippen LogP contribution in [0.25, 0.3) is 0 Å². The molecule has 2 rings (SSSR count). The van der Waals surface area contributed by atoms with Gasteiger partial charge >= 0.3 is 6.18 Å². The third-order valence-corrected chi connectivity index (χ3v) is 2.65. The van der Waals surface area contributed by atoms with E-state index in [9.17, 15) is 22.4 Å². The number of nitrogens with one attached hydrogen (secondary N) is 2. The van der Waals surface area contributed by atoms with Gasteiger partial charge in [0.1, 0.15) is 5.82 Å².